The summed E-state index contributed by atoms with van der Waals surface area (Å²) >= 11 is 3.47. The Morgan fingerprint density at radius 3 is 2.88 bits per heavy atom. The highest BCUT2D eigenvalue weighted by atomic mass is 32.1. The Hall–Kier alpha value is -0.220. The zero-order chi connectivity index (χ0) is 5.98. The van der Waals surface area contributed by atoms with E-state index in [1.165, 1.54) is 0 Å². The molecule has 1 unspecified atom stereocenters. The van der Waals surface area contributed by atoms with Crippen LogP contribution < -0.4 is 0 Å². The molecule has 46 valence electrons. The van der Waals surface area contributed by atoms with Crippen LogP contribution in [-0.4, -0.2) is 18.7 Å². The number of carbonyl (C=O) groups is 1. The van der Waals surface area contributed by atoms with Gasteiger partial charge in [-0.3, -0.25) is 0 Å². The maximum atomic E-state index is 10.4. The van der Waals surface area contributed by atoms with Gasteiger partial charge in [-0.25, -0.2) is 4.79 Å². The van der Waals surface area contributed by atoms with Gasteiger partial charge in [0.2, 0.25) is 0 Å². The molecule has 0 aromatic carbocycles. The molecule has 0 saturated carbocycles. The molecule has 0 bridgehead atoms. The van der Waals surface area contributed by atoms with Crippen LogP contribution in [0, 0.1) is 0 Å². The standard InChI is InChI=1S/C4H6O3S/c5-4-3(7-8)1-2-6-4/h3,8H,1-2H2. The molecule has 1 fully saturated rings. The summed E-state index contributed by atoms with van der Waals surface area (Å²) in [5.74, 6) is -0.306. The first-order chi connectivity index (χ1) is 3.84. The van der Waals surface area contributed by atoms with E-state index in [1.54, 1.807) is 0 Å². The van der Waals surface area contributed by atoms with Gasteiger partial charge in [0.25, 0.3) is 0 Å². The average molecular weight is 134 g/mol. The Kier molecular flexibility index (Phi) is 1.75. The third kappa shape index (κ3) is 0.952. The quantitative estimate of drug-likeness (QED) is 0.315. The second kappa shape index (κ2) is 2.37. The normalized spacial score (nSPS) is 28.1. The summed E-state index contributed by atoms with van der Waals surface area (Å²) in [5, 5.41) is 0. The first-order valence-corrected chi connectivity index (χ1v) is 2.68. The number of hydrogen-bond acceptors (Lipinski definition) is 4. The molecule has 1 saturated heterocycles. The molecule has 1 aliphatic heterocycles. The summed E-state index contributed by atoms with van der Waals surface area (Å²) in [4.78, 5) is 10.4. The summed E-state index contributed by atoms with van der Waals surface area (Å²) in [6.07, 6.45) is 0.195. The third-order valence-electron chi connectivity index (χ3n) is 1.01. The van der Waals surface area contributed by atoms with Crippen LogP contribution in [0.1, 0.15) is 6.42 Å². The van der Waals surface area contributed by atoms with Crippen molar-refractivity contribution in [3.05, 3.63) is 0 Å². The van der Waals surface area contributed by atoms with Crippen LogP contribution in [0.2, 0.25) is 0 Å². The lowest BCUT2D eigenvalue weighted by Gasteiger charge is -1.96. The summed E-state index contributed by atoms with van der Waals surface area (Å²) in [6, 6.07) is 0. The predicted molar refractivity (Wildman–Crippen MR) is 29.4 cm³/mol. The maximum absolute atomic E-state index is 10.4. The lowest BCUT2D eigenvalue weighted by atomic mass is 10.3. The zero-order valence-electron chi connectivity index (χ0n) is 4.16. The smallest absolute Gasteiger partial charge is 0.336 e. The molecule has 0 amide bonds. The molecule has 0 radical (unpaired) electrons. The number of cyclic esters (lactones) is 1. The van der Waals surface area contributed by atoms with Crippen LogP contribution in [0.3, 0.4) is 0 Å². The van der Waals surface area contributed by atoms with Crippen LogP contribution in [0.4, 0.5) is 0 Å². The second-order valence-electron chi connectivity index (χ2n) is 1.55. The van der Waals surface area contributed by atoms with Crippen molar-refractivity contribution >= 4 is 18.9 Å². The summed E-state index contributed by atoms with van der Waals surface area (Å²) in [6.45, 7) is 0.462. The lowest BCUT2D eigenvalue weighted by Crippen LogP contribution is -2.13. The molecule has 1 heterocycles. The number of thiol groups is 1. The van der Waals surface area contributed by atoms with Crippen molar-refractivity contribution in [1.82, 2.24) is 0 Å². The Morgan fingerprint density at radius 2 is 2.62 bits per heavy atom. The van der Waals surface area contributed by atoms with Gasteiger partial charge in [0.1, 0.15) is 0 Å². The molecule has 1 rings (SSSR count). The molecule has 4 heteroatoms. The molecule has 0 aliphatic carbocycles. The molecule has 0 aromatic heterocycles. The van der Waals surface area contributed by atoms with Gasteiger partial charge in [-0.1, -0.05) is 0 Å². The van der Waals surface area contributed by atoms with Crippen LogP contribution in [-0.2, 0) is 13.7 Å². The molecule has 0 N–H and O–H groups in total. The first-order valence-electron chi connectivity index (χ1n) is 2.31. The minimum absolute atomic E-state index is 0.306. The average Bonchev–Trinajstić information content (AvgIpc) is 2.14. The number of esters is 1. The molecule has 1 atom stereocenters. The van der Waals surface area contributed by atoms with Gasteiger partial charge in [0, 0.05) is 6.42 Å². The molecule has 1 aliphatic rings. The monoisotopic (exact) mass is 134 g/mol. The van der Waals surface area contributed by atoms with Crippen LogP contribution in [0.15, 0.2) is 0 Å². The molecule has 8 heavy (non-hydrogen) atoms. The van der Waals surface area contributed by atoms with E-state index in [-0.39, 0.29) is 5.97 Å². The molecule has 0 spiro atoms. The highest BCUT2D eigenvalue weighted by Crippen LogP contribution is 2.10. The molecule has 3 nitrogen and oxygen atoms in total. The van der Waals surface area contributed by atoms with Gasteiger partial charge in [0.05, 0.1) is 6.61 Å². The second-order valence-corrected chi connectivity index (χ2v) is 1.76. The summed E-state index contributed by atoms with van der Waals surface area (Å²) < 4.78 is 8.99. The van der Waals surface area contributed by atoms with Gasteiger partial charge >= 0.3 is 5.97 Å². The van der Waals surface area contributed by atoms with Crippen molar-refractivity contribution in [2.24, 2.45) is 0 Å². The van der Waals surface area contributed by atoms with E-state index in [1.807, 2.05) is 0 Å². The van der Waals surface area contributed by atoms with E-state index in [0.29, 0.717) is 13.0 Å². The number of hydrogen-bond donors (Lipinski definition) is 1. The SMILES string of the molecule is O=C1OCCC1OS. The van der Waals surface area contributed by atoms with Gasteiger partial charge in [-0.2, -0.15) is 0 Å². The fraction of sp³-hybridized carbons (Fsp3) is 0.750. The minimum atomic E-state index is -0.432. The van der Waals surface area contributed by atoms with Crippen molar-refractivity contribution in [2.75, 3.05) is 6.61 Å². The van der Waals surface area contributed by atoms with Gasteiger partial charge in [0.15, 0.2) is 6.10 Å². The van der Waals surface area contributed by atoms with Crippen molar-refractivity contribution < 1.29 is 13.7 Å². The third-order valence-corrected chi connectivity index (χ3v) is 1.27. The zero-order valence-corrected chi connectivity index (χ0v) is 5.06. The topological polar surface area (TPSA) is 35.5 Å². The van der Waals surface area contributed by atoms with Crippen molar-refractivity contribution in [1.29, 1.82) is 0 Å². The highest BCUT2D eigenvalue weighted by Gasteiger charge is 2.26. The fourth-order valence-corrected chi connectivity index (χ4v) is 0.765. The fourth-order valence-electron chi connectivity index (χ4n) is 0.573. The van der Waals surface area contributed by atoms with E-state index < -0.39 is 6.10 Å². The summed E-state index contributed by atoms with van der Waals surface area (Å²) in [5.41, 5.74) is 0. The van der Waals surface area contributed by atoms with E-state index in [0.717, 1.165) is 0 Å². The lowest BCUT2D eigenvalue weighted by molar-refractivity contribution is -0.143. The first kappa shape index (κ1) is 5.91. The highest BCUT2D eigenvalue weighted by molar-refractivity contribution is 7.75. The van der Waals surface area contributed by atoms with E-state index in [2.05, 4.69) is 21.8 Å². The Balaban J connectivity index is 2.42. The maximum Gasteiger partial charge on any atom is 0.336 e. The van der Waals surface area contributed by atoms with Crippen molar-refractivity contribution in [3.8, 4) is 0 Å². The Bertz CT molecular complexity index is 103. The number of ether oxygens (including phenoxy) is 1. The van der Waals surface area contributed by atoms with Gasteiger partial charge in [-0.15, -0.1) is 0 Å². The van der Waals surface area contributed by atoms with E-state index in [4.69, 9.17) is 0 Å². The number of carbonyl (C=O) groups excluding carboxylic acids is 1. The Labute approximate surface area is 52.6 Å². The van der Waals surface area contributed by atoms with E-state index in [9.17, 15) is 4.79 Å². The number of rotatable bonds is 1. The minimum Gasteiger partial charge on any atom is -0.464 e. The van der Waals surface area contributed by atoms with Crippen LogP contribution in [0.5, 0.6) is 0 Å². The molecule has 0 aromatic rings. The van der Waals surface area contributed by atoms with Crippen LogP contribution >= 0.6 is 12.9 Å². The van der Waals surface area contributed by atoms with Crippen molar-refractivity contribution in [2.45, 2.75) is 12.5 Å². The van der Waals surface area contributed by atoms with Gasteiger partial charge < -0.3 is 8.92 Å². The summed E-state index contributed by atoms with van der Waals surface area (Å²) in [7, 11) is 0. The predicted octanol–water partition coefficient (Wildman–Crippen LogP) is 0.163. The van der Waals surface area contributed by atoms with Crippen LogP contribution in [0.25, 0.3) is 0 Å². The Morgan fingerprint density at radius 1 is 1.88 bits per heavy atom. The van der Waals surface area contributed by atoms with Crippen molar-refractivity contribution in [3.63, 3.8) is 0 Å². The van der Waals surface area contributed by atoms with E-state index >= 15 is 0 Å². The molecular formula is C4H6O3S. The largest absolute Gasteiger partial charge is 0.464 e. The molecular weight excluding hydrogens is 128 g/mol. The van der Waals surface area contributed by atoms with Gasteiger partial charge in [-0.05, 0) is 12.9 Å².